The van der Waals surface area contributed by atoms with Crippen molar-refractivity contribution in [2.24, 2.45) is 0 Å². The fourth-order valence-corrected chi connectivity index (χ4v) is 5.35. The van der Waals surface area contributed by atoms with E-state index in [9.17, 15) is 8.42 Å². The van der Waals surface area contributed by atoms with Crippen LogP contribution in [0.1, 0.15) is 24.2 Å². The zero-order valence-electron chi connectivity index (χ0n) is 17.4. The van der Waals surface area contributed by atoms with Gasteiger partial charge in [0, 0.05) is 29.5 Å². The van der Waals surface area contributed by atoms with Gasteiger partial charge in [0.1, 0.15) is 0 Å². The number of benzene rings is 2. The van der Waals surface area contributed by atoms with Crippen molar-refractivity contribution in [2.45, 2.75) is 37.7 Å². The highest BCUT2D eigenvalue weighted by Crippen LogP contribution is 2.31. The summed E-state index contributed by atoms with van der Waals surface area (Å²) >= 11 is 0. The van der Waals surface area contributed by atoms with E-state index in [0.29, 0.717) is 34.9 Å². The van der Waals surface area contributed by atoms with E-state index in [0.717, 1.165) is 23.6 Å². The Morgan fingerprint density at radius 1 is 1.13 bits per heavy atom. The maximum absolute atomic E-state index is 13.1. The molecule has 1 fully saturated rings. The van der Waals surface area contributed by atoms with Gasteiger partial charge in [-0.25, -0.2) is 13.1 Å². The Morgan fingerprint density at radius 3 is 2.71 bits per heavy atom. The van der Waals surface area contributed by atoms with Gasteiger partial charge in [-0.3, -0.25) is 0 Å². The SMILES string of the molecule is Cc1ccc(-c2nn3c(C)nnc3c3ccccc23)cc1S(=O)(=O)NCC1CCCO1. The molecule has 2 aromatic carbocycles. The number of rotatable bonds is 5. The number of sulfonamides is 1. The normalized spacial score (nSPS) is 17.0. The number of aryl methyl sites for hydroxylation is 2. The van der Waals surface area contributed by atoms with Crippen LogP contribution in [0, 0.1) is 13.8 Å². The third-order valence-corrected chi connectivity index (χ3v) is 7.26. The van der Waals surface area contributed by atoms with Gasteiger partial charge in [-0.15, -0.1) is 10.2 Å². The third kappa shape index (κ3) is 3.58. The third-order valence-electron chi connectivity index (χ3n) is 5.70. The number of nitrogens with one attached hydrogen (secondary N) is 1. The highest BCUT2D eigenvalue weighted by atomic mass is 32.2. The van der Waals surface area contributed by atoms with Gasteiger partial charge in [0.05, 0.1) is 16.7 Å². The summed E-state index contributed by atoms with van der Waals surface area (Å²) in [5.41, 5.74) is 2.75. The first-order valence-electron chi connectivity index (χ1n) is 10.3. The van der Waals surface area contributed by atoms with Gasteiger partial charge in [-0.1, -0.05) is 36.4 Å². The predicted octanol–water partition coefficient (Wildman–Crippen LogP) is 3.02. The van der Waals surface area contributed by atoms with E-state index in [4.69, 9.17) is 9.84 Å². The number of nitrogens with zero attached hydrogens (tertiary/aromatic N) is 4. The lowest BCUT2D eigenvalue weighted by atomic mass is 10.0. The minimum Gasteiger partial charge on any atom is -0.377 e. The first kappa shape index (κ1) is 20.0. The van der Waals surface area contributed by atoms with E-state index in [-0.39, 0.29) is 17.5 Å². The van der Waals surface area contributed by atoms with Crippen LogP contribution in [0.2, 0.25) is 0 Å². The molecular formula is C22H23N5O3S. The molecule has 160 valence electrons. The summed E-state index contributed by atoms with van der Waals surface area (Å²) in [5.74, 6) is 0.667. The van der Waals surface area contributed by atoms with E-state index in [1.807, 2.05) is 43.3 Å². The number of aromatic nitrogens is 4. The van der Waals surface area contributed by atoms with E-state index in [1.165, 1.54) is 0 Å². The van der Waals surface area contributed by atoms with Crippen molar-refractivity contribution >= 4 is 26.4 Å². The van der Waals surface area contributed by atoms with Crippen molar-refractivity contribution in [3.8, 4) is 11.3 Å². The van der Waals surface area contributed by atoms with Crippen molar-refractivity contribution in [3.63, 3.8) is 0 Å². The highest BCUT2D eigenvalue weighted by molar-refractivity contribution is 7.89. The lowest BCUT2D eigenvalue weighted by Gasteiger charge is -2.14. The molecule has 1 aliphatic heterocycles. The molecule has 1 aliphatic rings. The molecular weight excluding hydrogens is 414 g/mol. The Labute approximate surface area is 180 Å². The van der Waals surface area contributed by atoms with Crippen LogP contribution in [0.15, 0.2) is 47.4 Å². The van der Waals surface area contributed by atoms with Crippen molar-refractivity contribution in [3.05, 3.63) is 53.9 Å². The summed E-state index contributed by atoms with van der Waals surface area (Å²) in [6.07, 6.45) is 1.77. The summed E-state index contributed by atoms with van der Waals surface area (Å²) in [4.78, 5) is 0.245. The quantitative estimate of drug-likeness (QED) is 0.515. The lowest BCUT2D eigenvalue weighted by Crippen LogP contribution is -2.32. The summed E-state index contributed by atoms with van der Waals surface area (Å²) in [6.45, 7) is 4.60. The number of ether oxygens (including phenoxy) is 1. The second-order valence-electron chi connectivity index (χ2n) is 7.84. The molecule has 0 saturated carbocycles. The molecule has 0 spiro atoms. The zero-order chi connectivity index (χ0) is 21.6. The predicted molar refractivity (Wildman–Crippen MR) is 117 cm³/mol. The second kappa shape index (κ2) is 7.67. The lowest BCUT2D eigenvalue weighted by molar-refractivity contribution is 0.114. The first-order chi connectivity index (χ1) is 14.9. The van der Waals surface area contributed by atoms with Crippen molar-refractivity contribution < 1.29 is 13.2 Å². The monoisotopic (exact) mass is 437 g/mol. The van der Waals surface area contributed by atoms with Gasteiger partial charge in [0.25, 0.3) is 0 Å². The Hall–Kier alpha value is -2.88. The molecule has 2 aromatic heterocycles. The maximum Gasteiger partial charge on any atom is 0.240 e. The molecule has 1 unspecified atom stereocenters. The largest absolute Gasteiger partial charge is 0.377 e. The second-order valence-corrected chi connectivity index (χ2v) is 9.58. The van der Waals surface area contributed by atoms with Gasteiger partial charge >= 0.3 is 0 Å². The topological polar surface area (TPSA) is 98.5 Å². The number of fused-ring (bicyclic) bond motifs is 3. The average Bonchev–Trinajstić information content (AvgIpc) is 3.42. The van der Waals surface area contributed by atoms with Crippen LogP contribution in [0.4, 0.5) is 0 Å². The average molecular weight is 438 g/mol. The summed E-state index contributed by atoms with van der Waals surface area (Å²) < 4.78 is 36.1. The van der Waals surface area contributed by atoms with Crippen molar-refractivity contribution in [1.29, 1.82) is 0 Å². The van der Waals surface area contributed by atoms with Gasteiger partial charge in [-0.05, 0) is 38.3 Å². The highest BCUT2D eigenvalue weighted by Gasteiger charge is 2.23. The van der Waals surface area contributed by atoms with Gasteiger partial charge in [0.2, 0.25) is 10.0 Å². The van der Waals surface area contributed by atoms with E-state index in [2.05, 4.69) is 14.9 Å². The fraction of sp³-hybridized carbons (Fsp3) is 0.318. The van der Waals surface area contributed by atoms with Crippen LogP contribution < -0.4 is 4.72 Å². The molecule has 0 bridgehead atoms. The Bertz CT molecular complexity index is 1390. The standard InChI is InChI=1S/C22H23N5O3S/c1-14-9-10-16(12-20(14)31(28,29)23-13-17-6-5-11-30-17)21-18-7-3-4-8-19(18)22-25-24-15(2)27(22)26-21/h3-4,7-10,12,17,23H,5-6,11,13H2,1-2H3. The molecule has 31 heavy (non-hydrogen) atoms. The summed E-state index contributed by atoms with van der Waals surface area (Å²) in [5, 5.41) is 14.9. The minimum atomic E-state index is -3.69. The number of hydrogen-bond acceptors (Lipinski definition) is 6. The Morgan fingerprint density at radius 2 is 1.94 bits per heavy atom. The van der Waals surface area contributed by atoms with Crippen LogP contribution in [0.25, 0.3) is 27.7 Å². The van der Waals surface area contributed by atoms with Crippen molar-refractivity contribution in [1.82, 2.24) is 24.5 Å². The molecule has 1 saturated heterocycles. The molecule has 0 radical (unpaired) electrons. The fourth-order valence-electron chi connectivity index (χ4n) is 4.02. The van der Waals surface area contributed by atoms with Gasteiger partial charge in [0.15, 0.2) is 11.5 Å². The Balaban J connectivity index is 1.61. The smallest absolute Gasteiger partial charge is 0.240 e. The molecule has 4 aromatic rings. The van der Waals surface area contributed by atoms with Crippen molar-refractivity contribution in [2.75, 3.05) is 13.2 Å². The van der Waals surface area contributed by atoms with Gasteiger partial charge in [-0.2, -0.15) is 9.61 Å². The molecule has 8 nitrogen and oxygen atoms in total. The maximum atomic E-state index is 13.1. The molecule has 3 heterocycles. The minimum absolute atomic E-state index is 0.0667. The molecule has 5 rings (SSSR count). The molecule has 9 heteroatoms. The van der Waals surface area contributed by atoms with Crippen LogP contribution in [-0.2, 0) is 14.8 Å². The summed E-state index contributed by atoms with van der Waals surface area (Å²) in [7, 11) is -3.69. The first-order valence-corrected chi connectivity index (χ1v) is 11.8. The van der Waals surface area contributed by atoms with Crippen LogP contribution in [-0.4, -0.2) is 47.5 Å². The van der Waals surface area contributed by atoms with E-state index < -0.39 is 10.0 Å². The van der Waals surface area contributed by atoms with Crippen LogP contribution in [0.5, 0.6) is 0 Å². The van der Waals surface area contributed by atoms with E-state index >= 15 is 0 Å². The molecule has 1 N–H and O–H groups in total. The number of hydrogen-bond donors (Lipinski definition) is 1. The van der Waals surface area contributed by atoms with Crippen LogP contribution in [0.3, 0.4) is 0 Å². The summed E-state index contributed by atoms with van der Waals surface area (Å²) in [6, 6.07) is 13.2. The molecule has 0 amide bonds. The molecule has 1 atom stereocenters. The van der Waals surface area contributed by atoms with Crippen LogP contribution >= 0.6 is 0 Å². The van der Waals surface area contributed by atoms with Gasteiger partial charge < -0.3 is 4.74 Å². The Kier molecular flexibility index (Phi) is 4.96. The zero-order valence-corrected chi connectivity index (χ0v) is 18.2. The molecule has 0 aliphatic carbocycles. The van der Waals surface area contributed by atoms with E-state index in [1.54, 1.807) is 17.5 Å².